The number of aromatic amines is 1. The topological polar surface area (TPSA) is 69.1 Å². The molecule has 0 saturated heterocycles. The average molecular weight is 162 g/mol. The van der Waals surface area contributed by atoms with Gasteiger partial charge in [0.25, 0.3) is 0 Å². The molecule has 4 nitrogen and oxygen atoms in total. The van der Waals surface area contributed by atoms with Gasteiger partial charge in [0, 0.05) is 23.2 Å². The number of rotatable bonds is 1. The van der Waals surface area contributed by atoms with E-state index < -0.39 is 7.12 Å². The van der Waals surface area contributed by atoms with Crippen LogP contribution in [0.15, 0.2) is 24.5 Å². The lowest BCUT2D eigenvalue weighted by molar-refractivity contribution is 0.426. The summed E-state index contributed by atoms with van der Waals surface area (Å²) in [5.41, 5.74) is 1.12. The summed E-state index contributed by atoms with van der Waals surface area (Å²) < 4.78 is 0. The van der Waals surface area contributed by atoms with Crippen LogP contribution in [0.25, 0.3) is 11.0 Å². The molecule has 0 aromatic carbocycles. The highest BCUT2D eigenvalue weighted by Gasteiger charge is 2.15. The molecule has 60 valence electrons. The monoisotopic (exact) mass is 162 g/mol. The second kappa shape index (κ2) is 2.62. The van der Waals surface area contributed by atoms with Crippen LogP contribution in [-0.4, -0.2) is 27.1 Å². The van der Waals surface area contributed by atoms with Crippen LogP contribution in [0, 0.1) is 0 Å². The van der Waals surface area contributed by atoms with Crippen LogP contribution in [0.3, 0.4) is 0 Å². The summed E-state index contributed by atoms with van der Waals surface area (Å²) in [5, 5.41) is 18.6. The van der Waals surface area contributed by atoms with E-state index in [1.54, 1.807) is 24.5 Å². The third kappa shape index (κ3) is 0.994. The second-order valence-electron chi connectivity index (χ2n) is 2.52. The van der Waals surface area contributed by atoms with Crippen LogP contribution in [0.2, 0.25) is 0 Å². The predicted molar refractivity (Wildman–Crippen MR) is 45.9 cm³/mol. The molecule has 0 bridgehead atoms. The highest BCUT2D eigenvalue weighted by atomic mass is 16.4. The van der Waals surface area contributed by atoms with Crippen molar-refractivity contribution < 1.29 is 10.0 Å². The fourth-order valence-electron chi connectivity index (χ4n) is 1.19. The fraction of sp³-hybridized carbons (Fsp3) is 0. The summed E-state index contributed by atoms with van der Waals surface area (Å²) >= 11 is 0. The quantitative estimate of drug-likeness (QED) is 0.483. The van der Waals surface area contributed by atoms with Gasteiger partial charge in [-0.1, -0.05) is 6.07 Å². The Labute approximate surface area is 69.0 Å². The summed E-state index contributed by atoms with van der Waals surface area (Å²) in [6.07, 6.45) is 3.19. The Kier molecular flexibility index (Phi) is 1.60. The predicted octanol–water partition coefficient (Wildman–Crippen LogP) is -0.757. The van der Waals surface area contributed by atoms with Crippen molar-refractivity contribution in [1.29, 1.82) is 0 Å². The molecule has 12 heavy (non-hydrogen) atoms. The van der Waals surface area contributed by atoms with Crippen molar-refractivity contribution in [3.05, 3.63) is 24.5 Å². The minimum Gasteiger partial charge on any atom is -0.423 e. The van der Waals surface area contributed by atoms with Gasteiger partial charge in [-0.25, -0.2) is 4.98 Å². The van der Waals surface area contributed by atoms with E-state index in [0.717, 1.165) is 5.39 Å². The molecule has 5 heteroatoms. The maximum Gasteiger partial charge on any atom is 0.490 e. The first-order valence-electron chi connectivity index (χ1n) is 3.57. The van der Waals surface area contributed by atoms with Crippen LogP contribution in [0.1, 0.15) is 0 Å². The van der Waals surface area contributed by atoms with Gasteiger partial charge in [0.1, 0.15) is 5.65 Å². The van der Waals surface area contributed by atoms with Crippen LogP contribution >= 0.6 is 0 Å². The molecule has 0 atom stereocenters. The van der Waals surface area contributed by atoms with E-state index >= 15 is 0 Å². The van der Waals surface area contributed by atoms with Gasteiger partial charge in [0.15, 0.2) is 0 Å². The fourth-order valence-corrected chi connectivity index (χ4v) is 1.19. The number of pyridine rings is 1. The molecule has 2 heterocycles. The molecule has 0 amide bonds. The number of nitrogens with one attached hydrogen (secondary N) is 1. The van der Waals surface area contributed by atoms with Crippen LogP contribution < -0.4 is 5.46 Å². The zero-order valence-electron chi connectivity index (χ0n) is 6.23. The molecular formula is C7H7BN2O2. The van der Waals surface area contributed by atoms with Gasteiger partial charge >= 0.3 is 7.12 Å². The Morgan fingerprint density at radius 2 is 2.25 bits per heavy atom. The van der Waals surface area contributed by atoms with Crippen molar-refractivity contribution in [2.24, 2.45) is 0 Å². The number of hydrogen-bond acceptors (Lipinski definition) is 3. The Bertz CT molecular complexity index is 399. The Morgan fingerprint density at radius 1 is 1.42 bits per heavy atom. The maximum atomic E-state index is 8.92. The standard InChI is InChI=1S/C7H7BN2O2/c11-8(12)6-4-10-7-5(6)2-1-3-9-7/h1-4,11-12H,(H,9,10). The average Bonchev–Trinajstić information content (AvgIpc) is 2.47. The zero-order valence-corrected chi connectivity index (χ0v) is 6.23. The van der Waals surface area contributed by atoms with E-state index in [4.69, 9.17) is 10.0 Å². The van der Waals surface area contributed by atoms with Gasteiger partial charge in [-0.3, -0.25) is 0 Å². The smallest absolute Gasteiger partial charge is 0.423 e. The van der Waals surface area contributed by atoms with Crippen LogP contribution in [0.5, 0.6) is 0 Å². The summed E-state index contributed by atoms with van der Waals surface area (Å²) in [5.74, 6) is 0. The van der Waals surface area contributed by atoms with E-state index in [9.17, 15) is 0 Å². The SMILES string of the molecule is OB(O)c1c[nH]c2ncccc12. The van der Waals surface area contributed by atoms with E-state index in [1.807, 2.05) is 0 Å². The van der Waals surface area contributed by atoms with Gasteiger partial charge in [0.05, 0.1) is 0 Å². The van der Waals surface area contributed by atoms with Crippen molar-refractivity contribution >= 4 is 23.6 Å². The molecule has 0 aliphatic carbocycles. The Balaban J connectivity index is 2.70. The summed E-state index contributed by atoms with van der Waals surface area (Å²) in [6.45, 7) is 0. The lowest BCUT2D eigenvalue weighted by atomic mass is 9.80. The van der Waals surface area contributed by atoms with Crippen molar-refractivity contribution in [1.82, 2.24) is 9.97 Å². The van der Waals surface area contributed by atoms with Crippen molar-refractivity contribution in [3.8, 4) is 0 Å². The molecule has 0 unspecified atom stereocenters. The molecule has 0 fully saturated rings. The van der Waals surface area contributed by atoms with E-state index in [2.05, 4.69) is 9.97 Å². The van der Waals surface area contributed by atoms with Crippen LogP contribution in [0.4, 0.5) is 0 Å². The normalized spacial score (nSPS) is 10.5. The highest BCUT2D eigenvalue weighted by molar-refractivity contribution is 6.61. The molecule has 0 aliphatic heterocycles. The Hall–Kier alpha value is -1.33. The van der Waals surface area contributed by atoms with Gasteiger partial charge in [-0.2, -0.15) is 0 Å². The van der Waals surface area contributed by atoms with E-state index in [1.165, 1.54) is 0 Å². The minimum absolute atomic E-state index is 0.457. The summed E-state index contributed by atoms with van der Waals surface area (Å²) in [6, 6.07) is 3.54. The van der Waals surface area contributed by atoms with Gasteiger partial charge in [-0.05, 0) is 6.07 Å². The van der Waals surface area contributed by atoms with Gasteiger partial charge in [-0.15, -0.1) is 0 Å². The lowest BCUT2D eigenvalue weighted by Crippen LogP contribution is -2.28. The first-order valence-corrected chi connectivity index (χ1v) is 3.57. The molecule has 0 saturated carbocycles. The lowest BCUT2D eigenvalue weighted by Gasteiger charge is -1.93. The minimum atomic E-state index is -1.44. The molecule has 0 radical (unpaired) electrons. The zero-order chi connectivity index (χ0) is 8.55. The first-order chi connectivity index (χ1) is 5.79. The third-order valence-electron chi connectivity index (χ3n) is 1.76. The number of hydrogen-bond donors (Lipinski definition) is 3. The molecule has 0 aliphatic rings. The third-order valence-corrected chi connectivity index (χ3v) is 1.76. The van der Waals surface area contributed by atoms with Crippen molar-refractivity contribution in [3.63, 3.8) is 0 Å². The molecule has 2 aromatic rings. The van der Waals surface area contributed by atoms with Gasteiger partial charge < -0.3 is 15.0 Å². The highest BCUT2D eigenvalue weighted by Crippen LogP contribution is 2.05. The number of nitrogens with zero attached hydrogens (tertiary/aromatic N) is 1. The molecule has 2 rings (SSSR count). The molecule has 3 N–H and O–H groups in total. The van der Waals surface area contributed by atoms with Crippen molar-refractivity contribution in [2.45, 2.75) is 0 Å². The number of H-pyrrole nitrogens is 1. The van der Waals surface area contributed by atoms with Crippen LogP contribution in [-0.2, 0) is 0 Å². The number of aromatic nitrogens is 2. The largest absolute Gasteiger partial charge is 0.490 e. The molecule has 0 spiro atoms. The van der Waals surface area contributed by atoms with E-state index in [0.29, 0.717) is 11.1 Å². The summed E-state index contributed by atoms with van der Waals surface area (Å²) in [7, 11) is -1.44. The maximum absolute atomic E-state index is 8.92. The van der Waals surface area contributed by atoms with E-state index in [-0.39, 0.29) is 0 Å². The second-order valence-corrected chi connectivity index (χ2v) is 2.52. The van der Waals surface area contributed by atoms with Gasteiger partial charge in [0.2, 0.25) is 0 Å². The first kappa shape index (κ1) is 7.33. The Morgan fingerprint density at radius 3 is 3.00 bits per heavy atom. The van der Waals surface area contributed by atoms with Crippen molar-refractivity contribution in [2.75, 3.05) is 0 Å². The molecule has 2 aromatic heterocycles. The molecular weight excluding hydrogens is 155 g/mol. The summed E-state index contributed by atoms with van der Waals surface area (Å²) in [4.78, 5) is 6.84. The number of fused-ring (bicyclic) bond motifs is 1.